The summed E-state index contributed by atoms with van der Waals surface area (Å²) in [7, 11) is 0. The number of nitrogens with zero attached hydrogens (tertiary/aromatic N) is 4. The number of pyridine rings is 1. The normalized spacial score (nSPS) is 13.3. The largest absolute Gasteiger partial charge is 0.340 e. The number of fused-ring (bicyclic) bond motifs is 1. The number of nitrogens with two attached hydrogens (primary N) is 1. The SMILES string of the molecule is Cc1ccc(Nc2c(-c3ccncc3)nc3n2CCN(C(=O)CN)C3)cc1. The van der Waals surface area contributed by atoms with Crippen molar-refractivity contribution in [3.63, 3.8) is 0 Å². The summed E-state index contributed by atoms with van der Waals surface area (Å²) in [5.41, 5.74) is 9.58. The number of carbonyl (C=O) groups is 1. The van der Waals surface area contributed by atoms with Crippen molar-refractivity contribution in [2.75, 3.05) is 18.4 Å². The summed E-state index contributed by atoms with van der Waals surface area (Å²) in [6.45, 7) is 3.84. The molecule has 138 valence electrons. The first-order chi connectivity index (χ1) is 13.2. The van der Waals surface area contributed by atoms with E-state index in [1.165, 1.54) is 5.56 Å². The number of imidazole rings is 1. The number of aryl methyl sites for hydroxylation is 1. The highest BCUT2D eigenvalue weighted by Gasteiger charge is 2.26. The summed E-state index contributed by atoms with van der Waals surface area (Å²) >= 11 is 0. The zero-order valence-electron chi connectivity index (χ0n) is 15.2. The molecule has 7 nitrogen and oxygen atoms in total. The predicted octanol–water partition coefficient (Wildman–Crippen LogP) is 2.30. The molecule has 0 radical (unpaired) electrons. The molecule has 1 aliphatic rings. The topological polar surface area (TPSA) is 89.1 Å². The first-order valence-electron chi connectivity index (χ1n) is 8.97. The molecule has 0 spiro atoms. The third kappa shape index (κ3) is 3.41. The molecule has 0 fully saturated rings. The molecule has 7 heteroatoms. The van der Waals surface area contributed by atoms with Crippen LogP contribution < -0.4 is 11.1 Å². The highest BCUT2D eigenvalue weighted by molar-refractivity contribution is 5.79. The van der Waals surface area contributed by atoms with Gasteiger partial charge in [-0.2, -0.15) is 0 Å². The molecule has 3 N–H and O–H groups in total. The third-order valence-electron chi connectivity index (χ3n) is 4.77. The Kier molecular flexibility index (Phi) is 4.60. The van der Waals surface area contributed by atoms with Crippen molar-refractivity contribution in [2.45, 2.75) is 20.0 Å². The highest BCUT2D eigenvalue weighted by atomic mass is 16.2. The average molecular weight is 362 g/mol. The second-order valence-electron chi connectivity index (χ2n) is 6.62. The molecule has 0 saturated carbocycles. The van der Waals surface area contributed by atoms with Gasteiger partial charge in [0.25, 0.3) is 0 Å². The van der Waals surface area contributed by atoms with E-state index in [1.807, 2.05) is 12.1 Å². The van der Waals surface area contributed by atoms with Crippen molar-refractivity contribution in [3.05, 3.63) is 60.2 Å². The van der Waals surface area contributed by atoms with Crippen molar-refractivity contribution in [1.29, 1.82) is 0 Å². The zero-order chi connectivity index (χ0) is 18.8. The minimum Gasteiger partial charge on any atom is -0.340 e. The molecule has 3 aromatic rings. The van der Waals surface area contributed by atoms with E-state index in [0.717, 1.165) is 28.6 Å². The number of benzene rings is 1. The lowest BCUT2D eigenvalue weighted by atomic mass is 10.2. The van der Waals surface area contributed by atoms with Gasteiger partial charge in [-0.3, -0.25) is 9.78 Å². The Labute approximate surface area is 157 Å². The van der Waals surface area contributed by atoms with E-state index in [9.17, 15) is 4.79 Å². The maximum Gasteiger partial charge on any atom is 0.236 e. The summed E-state index contributed by atoms with van der Waals surface area (Å²) in [4.78, 5) is 22.7. The van der Waals surface area contributed by atoms with Gasteiger partial charge in [0.15, 0.2) is 0 Å². The molecular weight excluding hydrogens is 340 g/mol. The number of amides is 1. The lowest BCUT2D eigenvalue weighted by molar-refractivity contribution is -0.131. The minimum absolute atomic E-state index is 0.0202. The van der Waals surface area contributed by atoms with Crippen molar-refractivity contribution in [1.82, 2.24) is 19.4 Å². The Morgan fingerprint density at radius 1 is 1.15 bits per heavy atom. The third-order valence-corrected chi connectivity index (χ3v) is 4.77. The van der Waals surface area contributed by atoms with Gasteiger partial charge in [-0.1, -0.05) is 17.7 Å². The van der Waals surface area contributed by atoms with Crippen LogP contribution in [0.4, 0.5) is 11.5 Å². The van der Waals surface area contributed by atoms with Crippen LogP contribution in [0.2, 0.25) is 0 Å². The van der Waals surface area contributed by atoms with Crippen LogP contribution in [0.3, 0.4) is 0 Å². The average Bonchev–Trinajstić information content (AvgIpc) is 3.07. The second kappa shape index (κ2) is 7.20. The van der Waals surface area contributed by atoms with Gasteiger partial charge in [0, 0.05) is 36.7 Å². The number of nitrogens with one attached hydrogen (secondary N) is 1. The van der Waals surface area contributed by atoms with Gasteiger partial charge in [0.05, 0.1) is 13.1 Å². The van der Waals surface area contributed by atoms with Crippen LogP contribution in [0.1, 0.15) is 11.4 Å². The smallest absolute Gasteiger partial charge is 0.236 e. The zero-order valence-corrected chi connectivity index (χ0v) is 15.2. The Balaban J connectivity index is 1.75. The van der Waals surface area contributed by atoms with Crippen molar-refractivity contribution in [2.24, 2.45) is 5.73 Å². The van der Waals surface area contributed by atoms with Crippen LogP contribution in [-0.2, 0) is 17.9 Å². The summed E-state index contributed by atoms with van der Waals surface area (Å²) in [5, 5.41) is 3.52. The van der Waals surface area contributed by atoms with E-state index in [-0.39, 0.29) is 12.5 Å². The van der Waals surface area contributed by atoms with Crippen molar-refractivity contribution >= 4 is 17.4 Å². The lowest BCUT2D eigenvalue weighted by Crippen LogP contribution is -2.41. The van der Waals surface area contributed by atoms with Gasteiger partial charge in [-0.15, -0.1) is 0 Å². The maximum atomic E-state index is 12.0. The van der Waals surface area contributed by atoms with Crippen LogP contribution in [0.25, 0.3) is 11.3 Å². The van der Waals surface area contributed by atoms with Gasteiger partial charge in [-0.25, -0.2) is 4.98 Å². The standard InChI is InChI=1S/C20H22N6O/c1-14-2-4-16(5-3-14)23-20-19(15-6-8-22-9-7-15)24-17-13-25(18(27)12-21)10-11-26(17)20/h2-9,23H,10-13,21H2,1H3. The van der Waals surface area contributed by atoms with Gasteiger partial charge in [-0.05, 0) is 31.2 Å². The number of aromatic nitrogens is 3. The van der Waals surface area contributed by atoms with Gasteiger partial charge < -0.3 is 20.5 Å². The Morgan fingerprint density at radius 2 is 1.89 bits per heavy atom. The van der Waals surface area contributed by atoms with Crippen LogP contribution in [0.5, 0.6) is 0 Å². The number of carbonyl (C=O) groups excluding carboxylic acids is 1. The van der Waals surface area contributed by atoms with Crippen molar-refractivity contribution in [3.8, 4) is 11.3 Å². The van der Waals surface area contributed by atoms with Crippen LogP contribution >= 0.6 is 0 Å². The molecule has 0 saturated heterocycles. The fourth-order valence-electron chi connectivity index (χ4n) is 3.28. The molecule has 0 aliphatic carbocycles. The van der Waals surface area contributed by atoms with Crippen LogP contribution in [0, 0.1) is 6.92 Å². The molecule has 0 bridgehead atoms. The number of rotatable bonds is 4. The van der Waals surface area contributed by atoms with Gasteiger partial charge >= 0.3 is 0 Å². The summed E-state index contributed by atoms with van der Waals surface area (Å²) < 4.78 is 2.15. The first-order valence-corrected chi connectivity index (χ1v) is 8.97. The summed E-state index contributed by atoms with van der Waals surface area (Å²) in [5.74, 6) is 1.73. The highest BCUT2D eigenvalue weighted by Crippen LogP contribution is 2.33. The molecule has 1 amide bonds. The number of hydrogen-bond acceptors (Lipinski definition) is 5. The number of hydrogen-bond donors (Lipinski definition) is 2. The Hall–Kier alpha value is -3.19. The van der Waals surface area contributed by atoms with Gasteiger partial charge in [0.1, 0.15) is 17.3 Å². The molecule has 4 rings (SSSR count). The molecule has 1 aromatic carbocycles. The van der Waals surface area contributed by atoms with E-state index < -0.39 is 0 Å². The second-order valence-corrected chi connectivity index (χ2v) is 6.62. The first kappa shape index (κ1) is 17.2. The maximum absolute atomic E-state index is 12.0. The van der Waals surface area contributed by atoms with Crippen LogP contribution in [0.15, 0.2) is 48.8 Å². The minimum atomic E-state index is -0.0530. The van der Waals surface area contributed by atoms with Gasteiger partial charge in [0.2, 0.25) is 5.91 Å². The quantitative estimate of drug-likeness (QED) is 0.743. The summed E-state index contributed by atoms with van der Waals surface area (Å²) in [6.07, 6.45) is 3.52. The van der Waals surface area contributed by atoms with E-state index in [0.29, 0.717) is 19.6 Å². The monoisotopic (exact) mass is 362 g/mol. The van der Waals surface area contributed by atoms with E-state index in [1.54, 1.807) is 17.3 Å². The lowest BCUT2D eigenvalue weighted by Gasteiger charge is -2.28. The molecule has 0 atom stereocenters. The predicted molar refractivity (Wildman–Crippen MR) is 104 cm³/mol. The number of anilines is 2. The van der Waals surface area contributed by atoms with Crippen LogP contribution in [-0.4, -0.2) is 38.4 Å². The molecule has 2 aromatic heterocycles. The summed E-state index contributed by atoms with van der Waals surface area (Å²) in [6, 6.07) is 12.1. The van der Waals surface area contributed by atoms with E-state index in [2.05, 4.69) is 46.1 Å². The van der Waals surface area contributed by atoms with E-state index >= 15 is 0 Å². The van der Waals surface area contributed by atoms with E-state index in [4.69, 9.17) is 10.7 Å². The Morgan fingerprint density at radius 3 is 2.59 bits per heavy atom. The fourth-order valence-corrected chi connectivity index (χ4v) is 3.28. The molecule has 0 unspecified atom stereocenters. The molecule has 1 aliphatic heterocycles. The fraction of sp³-hybridized carbons (Fsp3) is 0.250. The van der Waals surface area contributed by atoms with Crippen molar-refractivity contribution < 1.29 is 4.79 Å². The Bertz CT molecular complexity index is 949. The molecule has 3 heterocycles. The molecule has 27 heavy (non-hydrogen) atoms. The molecular formula is C20H22N6O.